The monoisotopic (exact) mass is 265 g/mol. The van der Waals surface area contributed by atoms with Crippen LogP contribution in [0.2, 0.25) is 5.28 Å². The number of hydrogen-bond donors (Lipinski definition) is 1. The van der Waals surface area contributed by atoms with Gasteiger partial charge < -0.3 is 4.74 Å². The largest absolute Gasteiger partial charge is 0.380 e. The van der Waals surface area contributed by atoms with E-state index in [1.807, 2.05) is 6.92 Å². The minimum absolute atomic E-state index is 0.00765. The molecule has 1 N–H and O–H groups in total. The van der Waals surface area contributed by atoms with Crippen molar-refractivity contribution >= 4 is 21.6 Å². The molecule has 1 aromatic rings. The van der Waals surface area contributed by atoms with Gasteiger partial charge in [0.25, 0.3) is 0 Å². The average molecular weight is 266 g/mol. The molecule has 0 aliphatic heterocycles. The van der Waals surface area contributed by atoms with Crippen LogP contribution in [-0.4, -0.2) is 38.1 Å². The molecule has 0 unspecified atom stereocenters. The smallest absolute Gasteiger partial charge is 0.243 e. The predicted octanol–water partition coefficient (Wildman–Crippen LogP) is 0.445. The Balaban J connectivity index is 2.60. The van der Waals surface area contributed by atoms with Gasteiger partial charge in [-0.1, -0.05) is 0 Å². The maximum Gasteiger partial charge on any atom is 0.243 e. The predicted molar refractivity (Wildman–Crippen MR) is 58.7 cm³/mol. The molecule has 0 fully saturated rings. The summed E-state index contributed by atoms with van der Waals surface area (Å²) < 4.78 is 30.6. The molecule has 1 heterocycles. The molecule has 0 amide bonds. The number of nitrogens with zero attached hydrogens (tertiary/aromatic N) is 2. The van der Waals surface area contributed by atoms with Gasteiger partial charge in [-0.15, -0.1) is 0 Å². The number of ether oxygens (including phenoxy) is 1. The number of halogens is 1. The first-order valence-electron chi connectivity index (χ1n) is 4.61. The van der Waals surface area contributed by atoms with Crippen molar-refractivity contribution in [1.82, 2.24) is 14.7 Å². The topological polar surface area (TPSA) is 81.2 Å². The van der Waals surface area contributed by atoms with Crippen molar-refractivity contribution in [3.8, 4) is 0 Å². The van der Waals surface area contributed by atoms with Crippen molar-refractivity contribution in [2.24, 2.45) is 0 Å². The summed E-state index contributed by atoms with van der Waals surface area (Å²) in [6.45, 7) is 2.91. The lowest BCUT2D eigenvalue weighted by Crippen LogP contribution is -2.27. The van der Waals surface area contributed by atoms with E-state index in [0.717, 1.165) is 12.4 Å². The van der Waals surface area contributed by atoms with Crippen LogP contribution in [0.4, 0.5) is 0 Å². The van der Waals surface area contributed by atoms with Crippen LogP contribution in [0.5, 0.6) is 0 Å². The quantitative estimate of drug-likeness (QED) is 0.596. The Labute approximate surface area is 99.1 Å². The van der Waals surface area contributed by atoms with E-state index in [9.17, 15) is 8.42 Å². The second-order valence-corrected chi connectivity index (χ2v) is 4.89. The highest BCUT2D eigenvalue weighted by molar-refractivity contribution is 7.89. The van der Waals surface area contributed by atoms with E-state index in [1.165, 1.54) is 0 Å². The van der Waals surface area contributed by atoms with Crippen LogP contribution in [0.1, 0.15) is 6.92 Å². The van der Waals surface area contributed by atoms with E-state index in [-0.39, 0.29) is 16.7 Å². The van der Waals surface area contributed by atoms with Gasteiger partial charge >= 0.3 is 0 Å². The van der Waals surface area contributed by atoms with Gasteiger partial charge in [0.05, 0.1) is 19.0 Å². The molecule has 0 saturated carbocycles. The first kappa shape index (κ1) is 13.3. The number of hydrogen-bond acceptors (Lipinski definition) is 5. The minimum Gasteiger partial charge on any atom is -0.380 e. The third-order valence-corrected chi connectivity index (χ3v) is 3.26. The van der Waals surface area contributed by atoms with Gasteiger partial charge in [-0.2, -0.15) is 0 Å². The zero-order valence-corrected chi connectivity index (χ0v) is 10.3. The Morgan fingerprint density at radius 1 is 1.44 bits per heavy atom. The Kier molecular flexibility index (Phi) is 5.07. The summed E-state index contributed by atoms with van der Waals surface area (Å²) in [6, 6.07) is 0. The molecule has 0 aromatic carbocycles. The lowest BCUT2D eigenvalue weighted by molar-refractivity contribution is 0.153. The molecular formula is C8H12ClN3O3S. The summed E-state index contributed by atoms with van der Waals surface area (Å²) in [5, 5.41) is 0.00765. The molecule has 8 heteroatoms. The SMILES string of the molecule is CCOCCNS(=O)(=O)c1cnc(Cl)nc1. The molecular weight excluding hydrogens is 254 g/mol. The third kappa shape index (κ3) is 4.01. The van der Waals surface area contributed by atoms with Crippen molar-refractivity contribution in [3.05, 3.63) is 17.7 Å². The fraction of sp³-hybridized carbons (Fsp3) is 0.500. The molecule has 6 nitrogen and oxygen atoms in total. The first-order chi connectivity index (χ1) is 7.56. The number of rotatable bonds is 6. The van der Waals surface area contributed by atoms with E-state index in [0.29, 0.717) is 13.2 Å². The summed E-state index contributed by atoms with van der Waals surface area (Å²) in [6.07, 6.45) is 2.30. The Morgan fingerprint density at radius 3 is 2.62 bits per heavy atom. The summed E-state index contributed by atoms with van der Waals surface area (Å²) in [7, 11) is -3.57. The zero-order chi connectivity index (χ0) is 12.0. The Bertz CT molecular complexity index is 421. The fourth-order valence-corrected chi connectivity index (χ4v) is 1.91. The van der Waals surface area contributed by atoms with Gasteiger partial charge in [0.15, 0.2) is 0 Å². The molecule has 90 valence electrons. The van der Waals surface area contributed by atoms with Gasteiger partial charge in [-0.3, -0.25) is 0 Å². The Morgan fingerprint density at radius 2 is 2.06 bits per heavy atom. The minimum atomic E-state index is -3.57. The molecule has 0 saturated heterocycles. The van der Waals surface area contributed by atoms with Crippen LogP contribution in [0.25, 0.3) is 0 Å². The molecule has 0 aliphatic rings. The number of aromatic nitrogens is 2. The number of sulfonamides is 1. The highest BCUT2D eigenvalue weighted by atomic mass is 35.5. The van der Waals surface area contributed by atoms with Gasteiger partial charge in [-0.25, -0.2) is 23.1 Å². The maximum absolute atomic E-state index is 11.6. The van der Waals surface area contributed by atoms with Crippen LogP contribution in [0.3, 0.4) is 0 Å². The maximum atomic E-state index is 11.6. The molecule has 1 rings (SSSR count). The van der Waals surface area contributed by atoms with E-state index in [1.54, 1.807) is 0 Å². The second kappa shape index (κ2) is 6.09. The van der Waals surface area contributed by atoms with Gasteiger partial charge in [0, 0.05) is 13.2 Å². The molecule has 1 aromatic heterocycles. The second-order valence-electron chi connectivity index (χ2n) is 2.78. The van der Waals surface area contributed by atoms with Crippen LogP contribution < -0.4 is 4.72 Å². The van der Waals surface area contributed by atoms with Crippen molar-refractivity contribution in [2.45, 2.75) is 11.8 Å². The van der Waals surface area contributed by atoms with Crippen LogP contribution in [0.15, 0.2) is 17.3 Å². The fourth-order valence-electron chi connectivity index (χ4n) is 0.915. The van der Waals surface area contributed by atoms with E-state index >= 15 is 0 Å². The van der Waals surface area contributed by atoms with Crippen molar-refractivity contribution in [1.29, 1.82) is 0 Å². The summed E-state index contributed by atoms with van der Waals surface area (Å²) >= 11 is 5.45. The molecule has 0 aliphatic carbocycles. The highest BCUT2D eigenvalue weighted by Crippen LogP contribution is 2.06. The van der Waals surface area contributed by atoms with Gasteiger partial charge in [0.1, 0.15) is 4.90 Å². The summed E-state index contributed by atoms with van der Waals surface area (Å²) in [5.74, 6) is 0. The zero-order valence-electron chi connectivity index (χ0n) is 8.68. The van der Waals surface area contributed by atoms with E-state index in [4.69, 9.17) is 16.3 Å². The molecule has 0 spiro atoms. The standard InChI is InChI=1S/C8H12ClN3O3S/c1-2-15-4-3-12-16(13,14)7-5-10-8(9)11-6-7/h5-6,12H,2-4H2,1H3. The van der Waals surface area contributed by atoms with Crippen molar-refractivity contribution in [3.63, 3.8) is 0 Å². The molecule has 0 radical (unpaired) electrons. The average Bonchev–Trinajstić information content (AvgIpc) is 2.25. The Hall–Kier alpha value is -0.760. The van der Waals surface area contributed by atoms with Gasteiger partial charge in [-0.05, 0) is 18.5 Å². The van der Waals surface area contributed by atoms with Crippen molar-refractivity contribution in [2.75, 3.05) is 19.8 Å². The third-order valence-electron chi connectivity index (χ3n) is 1.65. The van der Waals surface area contributed by atoms with E-state index in [2.05, 4.69) is 14.7 Å². The van der Waals surface area contributed by atoms with Crippen LogP contribution >= 0.6 is 11.6 Å². The van der Waals surface area contributed by atoms with Crippen LogP contribution in [0, 0.1) is 0 Å². The van der Waals surface area contributed by atoms with Crippen LogP contribution in [-0.2, 0) is 14.8 Å². The lowest BCUT2D eigenvalue weighted by Gasteiger charge is -2.05. The normalized spacial score (nSPS) is 11.6. The molecule has 16 heavy (non-hydrogen) atoms. The number of nitrogens with one attached hydrogen (secondary N) is 1. The molecule has 0 atom stereocenters. The lowest BCUT2D eigenvalue weighted by atomic mass is 10.7. The van der Waals surface area contributed by atoms with E-state index < -0.39 is 10.0 Å². The highest BCUT2D eigenvalue weighted by Gasteiger charge is 2.13. The first-order valence-corrected chi connectivity index (χ1v) is 6.47. The van der Waals surface area contributed by atoms with Gasteiger partial charge in [0.2, 0.25) is 15.3 Å². The summed E-state index contributed by atoms with van der Waals surface area (Å²) in [5.41, 5.74) is 0. The summed E-state index contributed by atoms with van der Waals surface area (Å²) in [4.78, 5) is 7.17. The van der Waals surface area contributed by atoms with Crippen molar-refractivity contribution < 1.29 is 13.2 Å². The molecule has 0 bridgehead atoms.